The minimum atomic E-state index is 0.0163. The van der Waals surface area contributed by atoms with E-state index in [2.05, 4.69) is 0 Å². The molecule has 20 heavy (non-hydrogen) atoms. The van der Waals surface area contributed by atoms with Gasteiger partial charge in [0.1, 0.15) is 0 Å². The fourth-order valence-corrected chi connectivity index (χ4v) is 3.46. The van der Waals surface area contributed by atoms with Crippen molar-refractivity contribution in [1.82, 2.24) is 0 Å². The molecule has 0 saturated carbocycles. The molecule has 1 heterocycles. The molecule has 1 aromatic carbocycles. The number of thioether (sulfide) groups is 1. The van der Waals surface area contributed by atoms with Crippen LogP contribution in [0.3, 0.4) is 0 Å². The van der Waals surface area contributed by atoms with Crippen LogP contribution in [0.5, 0.6) is 11.5 Å². The Morgan fingerprint density at radius 3 is 2.60 bits per heavy atom. The van der Waals surface area contributed by atoms with Gasteiger partial charge in [-0.15, -0.1) is 0 Å². The summed E-state index contributed by atoms with van der Waals surface area (Å²) in [5.41, 5.74) is 7.36. The van der Waals surface area contributed by atoms with E-state index in [-0.39, 0.29) is 6.04 Å². The van der Waals surface area contributed by atoms with Crippen molar-refractivity contribution in [3.05, 3.63) is 23.8 Å². The lowest BCUT2D eigenvalue weighted by Crippen LogP contribution is -2.21. The van der Waals surface area contributed by atoms with Gasteiger partial charge in [0.15, 0.2) is 11.5 Å². The third-order valence-electron chi connectivity index (χ3n) is 3.52. The first kappa shape index (κ1) is 15.5. The quantitative estimate of drug-likeness (QED) is 0.874. The predicted octanol–water partition coefficient (Wildman–Crippen LogP) is 2.62. The second-order valence-electron chi connectivity index (χ2n) is 4.87. The van der Waals surface area contributed by atoms with E-state index in [1.54, 1.807) is 14.2 Å². The van der Waals surface area contributed by atoms with Gasteiger partial charge >= 0.3 is 0 Å². The maximum absolute atomic E-state index is 6.28. The molecular formula is C15H23NO3S. The molecule has 0 amide bonds. The van der Waals surface area contributed by atoms with Crippen LogP contribution in [0.1, 0.15) is 24.4 Å². The van der Waals surface area contributed by atoms with Crippen LogP contribution in [0.15, 0.2) is 18.2 Å². The second-order valence-corrected chi connectivity index (χ2v) is 6.20. The minimum Gasteiger partial charge on any atom is -0.493 e. The molecule has 1 aliphatic heterocycles. The Morgan fingerprint density at radius 1 is 1.25 bits per heavy atom. The van der Waals surface area contributed by atoms with Gasteiger partial charge in [-0.05, 0) is 30.5 Å². The fourth-order valence-electron chi connectivity index (χ4n) is 2.26. The molecule has 1 saturated heterocycles. The number of rotatable bonds is 6. The van der Waals surface area contributed by atoms with E-state index >= 15 is 0 Å². The van der Waals surface area contributed by atoms with Gasteiger partial charge in [-0.25, -0.2) is 0 Å². The van der Waals surface area contributed by atoms with E-state index in [1.165, 1.54) is 0 Å². The van der Waals surface area contributed by atoms with Crippen molar-refractivity contribution >= 4 is 11.8 Å². The third-order valence-corrected chi connectivity index (χ3v) is 5.01. The number of hydrogen-bond donors (Lipinski definition) is 1. The molecule has 1 aliphatic rings. The zero-order valence-electron chi connectivity index (χ0n) is 12.1. The molecule has 0 spiro atoms. The molecule has 2 N–H and O–H groups in total. The van der Waals surface area contributed by atoms with Crippen LogP contribution in [-0.4, -0.2) is 38.4 Å². The molecule has 1 aromatic rings. The molecule has 0 bridgehead atoms. The molecule has 0 aliphatic carbocycles. The molecule has 1 atom stereocenters. The molecule has 4 nitrogen and oxygen atoms in total. The average Bonchev–Trinajstić information content (AvgIpc) is 2.52. The van der Waals surface area contributed by atoms with Gasteiger partial charge in [-0.3, -0.25) is 0 Å². The van der Waals surface area contributed by atoms with Gasteiger partial charge in [0.05, 0.1) is 14.2 Å². The summed E-state index contributed by atoms with van der Waals surface area (Å²) in [6.45, 7) is 1.76. The van der Waals surface area contributed by atoms with E-state index in [4.69, 9.17) is 19.9 Å². The number of hydrogen-bond acceptors (Lipinski definition) is 5. The summed E-state index contributed by atoms with van der Waals surface area (Å²) in [4.78, 5) is 0. The first-order valence-electron chi connectivity index (χ1n) is 6.91. The van der Waals surface area contributed by atoms with Gasteiger partial charge in [0, 0.05) is 30.3 Å². The van der Waals surface area contributed by atoms with Crippen molar-refractivity contribution in [3.8, 4) is 11.5 Å². The van der Waals surface area contributed by atoms with Crippen molar-refractivity contribution in [2.75, 3.05) is 33.2 Å². The summed E-state index contributed by atoms with van der Waals surface area (Å²) in [5.74, 6) is 2.39. The highest BCUT2D eigenvalue weighted by Gasteiger charge is 2.17. The average molecular weight is 297 g/mol. The lowest BCUT2D eigenvalue weighted by Gasteiger charge is -2.23. The summed E-state index contributed by atoms with van der Waals surface area (Å²) in [6, 6.07) is 5.90. The van der Waals surface area contributed by atoms with E-state index in [0.717, 1.165) is 48.9 Å². The first-order valence-corrected chi connectivity index (χ1v) is 7.96. The van der Waals surface area contributed by atoms with Gasteiger partial charge < -0.3 is 19.9 Å². The van der Waals surface area contributed by atoms with Gasteiger partial charge in [-0.1, -0.05) is 6.07 Å². The standard InChI is InChI=1S/C15H23NO3S/c1-17-14-4-3-11(9-15(14)18-2)13(16)10-20-12-5-7-19-8-6-12/h3-4,9,12-13H,5-8,10,16H2,1-2H3. The van der Waals surface area contributed by atoms with Gasteiger partial charge in [0.25, 0.3) is 0 Å². The normalized spacial score (nSPS) is 17.8. The van der Waals surface area contributed by atoms with Crippen LogP contribution in [0, 0.1) is 0 Å². The van der Waals surface area contributed by atoms with Crippen LogP contribution < -0.4 is 15.2 Å². The summed E-state index contributed by atoms with van der Waals surface area (Å²) in [7, 11) is 3.28. The Labute approximate surface area is 125 Å². The lowest BCUT2D eigenvalue weighted by molar-refractivity contribution is 0.1000. The fraction of sp³-hybridized carbons (Fsp3) is 0.600. The number of benzene rings is 1. The number of methoxy groups -OCH3 is 2. The summed E-state index contributed by atoms with van der Waals surface area (Å²) in [5, 5.41) is 0.676. The largest absolute Gasteiger partial charge is 0.493 e. The van der Waals surface area contributed by atoms with Crippen LogP contribution in [0.2, 0.25) is 0 Å². The summed E-state index contributed by atoms with van der Waals surface area (Å²) < 4.78 is 15.9. The second kappa shape index (κ2) is 7.76. The Bertz CT molecular complexity index is 422. The highest BCUT2D eigenvalue weighted by molar-refractivity contribution is 7.99. The molecule has 112 valence electrons. The lowest BCUT2D eigenvalue weighted by atomic mass is 10.1. The maximum Gasteiger partial charge on any atom is 0.161 e. The van der Waals surface area contributed by atoms with Gasteiger partial charge in [0.2, 0.25) is 0 Å². The monoisotopic (exact) mass is 297 g/mol. The Kier molecular flexibility index (Phi) is 6.01. The Balaban J connectivity index is 1.92. The molecule has 5 heteroatoms. The zero-order valence-corrected chi connectivity index (χ0v) is 12.9. The number of nitrogens with two attached hydrogens (primary N) is 1. The minimum absolute atomic E-state index is 0.0163. The predicted molar refractivity (Wildman–Crippen MR) is 82.8 cm³/mol. The Hall–Kier alpha value is -0.910. The maximum atomic E-state index is 6.28. The molecule has 1 fully saturated rings. The van der Waals surface area contributed by atoms with Crippen LogP contribution in [-0.2, 0) is 4.74 Å². The van der Waals surface area contributed by atoms with Crippen LogP contribution >= 0.6 is 11.8 Å². The van der Waals surface area contributed by atoms with Crippen LogP contribution in [0.4, 0.5) is 0 Å². The molecule has 2 rings (SSSR count). The van der Waals surface area contributed by atoms with Gasteiger partial charge in [-0.2, -0.15) is 11.8 Å². The van der Waals surface area contributed by atoms with Crippen molar-refractivity contribution < 1.29 is 14.2 Å². The van der Waals surface area contributed by atoms with Crippen molar-refractivity contribution in [2.24, 2.45) is 5.73 Å². The SMILES string of the molecule is COc1ccc(C(N)CSC2CCOCC2)cc1OC. The van der Waals surface area contributed by atoms with Crippen molar-refractivity contribution in [1.29, 1.82) is 0 Å². The summed E-state index contributed by atoms with van der Waals surface area (Å²) in [6.07, 6.45) is 2.26. The summed E-state index contributed by atoms with van der Waals surface area (Å²) >= 11 is 1.95. The number of ether oxygens (including phenoxy) is 3. The zero-order chi connectivity index (χ0) is 14.4. The highest BCUT2D eigenvalue weighted by Crippen LogP contribution is 2.31. The van der Waals surface area contributed by atoms with E-state index in [9.17, 15) is 0 Å². The van der Waals surface area contributed by atoms with Crippen molar-refractivity contribution in [3.63, 3.8) is 0 Å². The molecule has 0 radical (unpaired) electrons. The van der Waals surface area contributed by atoms with E-state index < -0.39 is 0 Å². The smallest absolute Gasteiger partial charge is 0.161 e. The van der Waals surface area contributed by atoms with E-state index in [0.29, 0.717) is 5.25 Å². The van der Waals surface area contributed by atoms with Crippen molar-refractivity contribution in [2.45, 2.75) is 24.1 Å². The third kappa shape index (κ3) is 4.04. The Morgan fingerprint density at radius 2 is 1.95 bits per heavy atom. The molecule has 1 unspecified atom stereocenters. The molecule has 0 aromatic heterocycles. The topological polar surface area (TPSA) is 53.7 Å². The van der Waals surface area contributed by atoms with E-state index in [1.807, 2.05) is 30.0 Å². The highest BCUT2D eigenvalue weighted by atomic mass is 32.2. The molecular weight excluding hydrogens is 274 g/mol. The first-order chi connectivity index (χ1) is 9.74. The van der Waals surface area contributed by atoms with Crippen LogP contribution in [0.25, 0.3) is 0 Å².